The largest absolute Gasteiger partial charge is 0.478 e. The van der Waals surface area contributed by atoms with Crippen molar-refractivity contribution in [2.45, 2.75) is 13.1 Å². The van der Waals surface area contributed by atoms with Crippen LogP contribution in [0.3, 0.4) is 0 Å². The van der Waals surface area contributed by atoms with Crippen LogP contribution in [0.5, 0.6) is 0 Å². The number of hydrogen-bond donors (Lipinski definition) is 1. The third-order valence-electron chi connectivity index (χ3n) is 3.02. The SMILES string of the molecule is CN(Cc1ccc(Br)cc1)Cc1cc(F)cc(C(=O)O)c1. The molecule has 0 saturated carbocycles. The molecule has 1 N–H and O–H groups in total. The highest BCUT2D eigenvalue weighted by molar-refractivity contribution is 9.10. The fraction of sp³-hybridized carbons (Fsp3) is 0.188. The molecule has 0 bridgehead atoms. The van der Waals surface area contributed by atoms with Crippen molar-refractivity contribution in [1.82, 2.24) is 4.90 Å². The Morgan fingerprint density at radius 1 is 1.14 bits per heavy atom. The van der Waals surface area contributed by atoms with Gasteiger partial charge in [-0.2, -0.15) is 0 Å². The number of benzene rings is 2. The zero-order valence-corrected chi connectivity index (χ0v) is 13.1. The van der Waals surface area contributed by atoms with Crippen LogP contribution in [0.25, 0.3) is 0 Å². The predicted molar refractivity (Wildman–Crippen MR) is 82.7 cm³/mol. The van der Waals surface area contributed by atoms with Crippen molar-refractivity contribution in [1.29, 1.82) is 0 Å². The molecule has 0 unspecified atom stereocenters. The molecule has 0 aliphatic carbocycles. The number of carboxylic acids is 1. The summed E-state index contributed by atoms with van der Waals surface area (Å²) in [6, 6.07) is 11.8. The summed E-state index contributed by atoms with van der Waals surface area (Å²) in [6.07, 6.45) is 0. The fourth-order valence-electron chi connectivity index (χ4n) is 2.13. The van der Waals surface area contributed by atoms with E-state index >= 15 is 0 Å². The minimum absolute atomic E-state index is 0.0259. The van der Waals surface area contributed by atoms with Crippen molar-refractivity contribution in [2.24, 2.45) is 0 Å². The van der Waals surface area contributed by atoms with E-state index in [4.69, 9.17) is 5.11 Å². The van der Waals surface area contributed by atoms with Gasteiger partial charge >= 0.3 is 5.97 Å². The van der Waals surface area contributed by atoms with E-state index in [1.165, 1.54) is 12.1 Å². The molecule has 0 heterocycles. The van der Waals surface area contributed by atoms with Crippen molar-refractivity contribution in [3.63, 3.8) is 0 Å². The highest BCUT2D eigenvalue weighted by Gasteiger charge is 2.09. The van der Waals surface area contributed by atoms with E-state index in [1.807, 2.05) is 36.2 Å². The second-order valence-electron chi connectivity index (χ2n) is 4.95. The highest BCUT2D eigenvalue weighted by atomic mass is 79.9. The predicted octanol–water partition coefficient (Wildman–Crippen LogP) is 3.92. The summed E-state index contributed by atoms with van der Waals surface area (Å²) in [4.78, 5) is 12.9. The van der Waals surface area contributed by atoms with Gasteiger partial charge in [0, 0.05) is 17.6 Å². The molecule has 21 heavy (non-hydrogen) atoms. The van der Waals surface area contributed by atoms with Crippen molar-refractivity contribution in [2.75, 3.05) is 7.05 Å². The van der Waals surface area contributed by atoms with Crippen LogP contribution in [-0.2, 0) is 13.1 Å². The summed E-state index contributed by atoms with van der Waals surface area (Å²) in [5.41, 5.74) is 1.75. The lowest BCUT2D eigenvalue weighted by Crippen LogP contribution is -2.17. The Balaban J connectivity index is 2.07. The van der Waals surface area contributed by atoms with Crippen LogP contribution in [0.4, 0.5) is 4.39 Å². The van der Waals surface area contributed by atoms with E-state index in [1.54, 1.807) is 0 Å². The van der Waals surface area contributed by atoms with Crippen molar-refractivity contribution >= 4 is 21.9 Å². The Kier molecular flexibility index (Phi) is 5.09. The summed E-state index contributed by atoms with van der Waals surface area (Å²) >= 11 is 3.38. The van der Waals surface area contributed by atoms with E-state index in [0.717, 1.165) is 16.1 Å². The number of carbonyl (C=O) groups is 1. The Hall–Kier alpha value is -1.72. The summed E-state index contributed by atoms with van der Waals surface area (Å²) in [6.45, 7) is 1.18. The van der Waals surface area contributed by atoms with Crippen LogP contribution < -0.4 is 0 Å². The molecule has 3 nitrogen and oxygen atoms in total. The van der Waals surface area contributed by atoms with Gasteiger partial charge in [-0.25, -0.2) is 9.18 Å². The number of carboxylic acid groups (broad SMARTS) is 1. The minimum Gasteiger partial charge on any atom is -0.478 e. The molecule has 2 aromatic carbocycles. The monoisotopic (exact) mass is 351 g/mol. The van der Waals surface area contributed by atoms with Gasteiger partial charge in [-0.05, 0) is 48.5 Å². The smallest absolute Gasteiger partial charge is 0.335 e. The van der Waals surface area contributed by atoms with Gasteiger partial charge in [0.1, 0.15) is 5.82 Å². The quantitative estimate of drug-likeness (QED) is 0.887. The number of aromatic carboxylic acids is 1. The lowest BCUT2D eigenvalue weighted by atomic mass is 10.1. The molecule has 110 valence electrons. The maximum absolute atomic E-state index is 13.4. The third kappa shape index (κ3) is 4.65. The van der Waals surface area contributed by atoms with Gasteiger partial charge in [0.15, 0.2) is 0 Å². The maximum Gasteiger partial charge on any atom is 0.335 e. The summed E-state index contributed by atoms with van der Waals surface area (Å²) in [7, 11) is 1.91. The first-order valence-corrected chi connectivity index (χ1v) is 7.19. The Labute approximate surface area is 131 Å². The standard InChI is InChI=1S/C16H15BrFNO2/c1-19(9-11-2-4-14(17)5-3-11)10-12-6-13(16(20)21)8-15(18)7-12/h2-8H,9-10H2,1H3,(H,20,21). The van der Waals surface area contributed by atoms with Crippen molar-refractivity contribution in [3.8, 4) is 0 Å². The lowest BCUT2D eigenvalue weighted by molar-refractivity contribution is 0.0696. The fourth-order valence-corrected chi connectivity index (χ4v) is 2.40. The molecule has 2 rings (SSSR count). The summed E-state index contributed by atoms with van der Waals surface area (Å²) < 4.78 is 14.4. The maximum atomic E-state index is 13.4. The first-order valence-electron chi connectivity index (χ1n) is 6.40. The Morgan fingerprint density at radius 2 is 1.76 bits per heavy atom. The van der Waals surface area contributed by atoms with E-state index in [2.05, 4.69) is 15.9 Å². The van der Waals surface area contributed by atoms with Gasteiger partial charge in [0.05, 0.1) is 5.56 Å². The first-order chi connectivity index (χ1) is 9.94. The number of rotatable bonds is 5. The molecule has 0 atom stereocenters. The van der Waals surface area contributed by atoms with Gasteiger partial charge in [-0.15, -0.1) is 0 Å². The van der Waals surface area contributed by atoms with Gasteiger partial charge in [-0.3, -0.25) is 4.90 Å². The van der Waals surface area contributed by atoms with Crippen molar-refractivity contribution < 1.29 is 14.3 Å². The first kappa shape index (κ1) is 15.7. The Morgan fingerprint density at radius 3 is 2.38 bits per heavy atom. The van der Waals surface area contributed by atoms with E-state index in [9.17, 15) is 9.18 Å². The van der Waals surface area contributed by atoms with Gasteiger partial charge in [0.25, 0.3) is 0 Å². The molecule has 0 aliphatic heterocycles. The van der Waals surface area contributed by atoms with Crippen LogP contribution >= 0.6 is 15.9 Å². The molecule has 0 aliphatic rings. The molecular formula is C16H15BrFNO2. The normalized spacial score (nSPS) is 10.9. The molecule has 5 heteroatoms. The second-order valence-corrected chi connectivity index (χ2v) is 5.87. The van der Waals surface area contributed by atoms with Gasteiger partial charge in [-0.1, -0.05) is 28.1 Å². The van der Waals surface area contributed by atoms with E-state index in [0.29, 0.717) is 18.7 Å². The average molecular weight is 352 g/mol. The minimum atomic E-state index is -1.12. The zero-order valence-electron chi connectivity index (χ0n) is 11.5. The molecule has 0 spiro atoms. The van der Waals surface area contributed by atoms with Crippen LogP contribution in [-0.4, -0.2) is 23.0 Å². The molecule has 0 radical (unpaired) electrons. The molecular weight excluding hydrogens is 337 g/mol. The molecule has 0 amide bonds. The van der Waals surface area contributed by atoms with Crippen LogP contribution in [0.1, 0.15) is 21.5 Å². The topological polar surface area (TPSA) is 40.5 Å². The lowest BCUT2D eigenvalue weighted by Gasteiger charge is -2.17. The number of halogens is 2. The molecule has 0 saturated heterocycles. The van der Waals surface area contributed by atoms with E-state index < -0.39 is 11.8 Å². The molecule has 0 aromatic heterocycles. The van der Waals surface area contributed by atoms with Crippen LogP contribution in [0.2, 0.25) is 0 Å². The number of nitrogens with zero attached hydrogens (tertiary/aromatic N) is 1. The molecule has 0 fully saturated rings. The third-order valence-corrected chi connectivity index (χ3v) is 3.55. The second kappa shape index (κ2) is 6.83. The zero-order chi connectivity index (χ0) is 15.4. The highest BCUT2D eigenvalue weighted by Crippen LogP contribution is 2.15. The Bertz CT molecular complexity index is 643. The van der Waals surface area contributed by atoms with Gasteiger partial charge < -0.3 is 5.11 Å². The summed E-state index contributed by atoms with van der Waals surface area (Å²) in [5, 5.41) is 8.94. The molecule has 2 aromatic rings. The number of hydrogen-bond acceptors (Lipinski definition) is 2. The average Bonchev–Trinajstić information content (AvgIpc) is 2.40. The van der Waals surface area contributed by atoms with Gasteiger partial charge in [0.2, 0.25) is 0 Å². The van der Waals surface area contributed by atoms with Crippen LogP contribution in [0, 0.1) is 5.82 Å². The van der Waals surface area contributed by atoms with E-state index in [-0.39, 0.29) is 5.56 Å². The summed E-state index contributed by atoms with van der Waals surface area (Å²) in [5.74, 6) is -1.65. The van der Waals surface area contributed by atoms with Crippen molar-refractivity contribution in [3.05, 3.63) is 69.4 Å². The van der Waals surface area contributed by atoms with Crippen LogP contribution in [0.15, 0.2) is 46.9 Å².